The quantitative estimate of drug-likeness (QED) is 0.774. The topological polar surface area (TPSA) is 41.1 Å². The number of anilines is 1. The first-order valence-electron chi connectivity index (χ1n) is 5.53. The molecular weight excluding hydrogens is 208 g/mol. The lowest BCUT2D eigenvalue weighted by Crippen LogP contribution is -2.29. The van der Waals surface area contributed by atoms with Crippen LogP contribution in [0.5, 0.6) is 0 Å². The summed E-state index contributed by atoms with van der Waals surface area (Å²) in [6, 6.07) is 0. The summed E-state index contributed by atoms with van der Waals surface area (Å²) in [5.41, 5.74) is 0.527. The van der Waals surface area contributed by atoms with Gasteiger partial charge in [0.2, 0.25) is 5.13 Å². The maximum Gasteiger partial charge on any atom is 0.205 e. The fraction of sp³-hybridized carbons (Fsp3) is 0.800. The molecule has 82 valence electrons. The van der Waals surface area contributed by atoms with Crippen molar-refractivity contribution in [1.82, 2.24) is 14.7 Å². The molecule has 1 aromatic rings. The lowest BCUT2D eigenvalue weighted by atomic mass is 9.87. The maximum atomic E-state index is 4.46. The van der Waals surface area contributed by atoms with Gasteiger partial charge in [0.25, 0.3) is 0 Å². The zero-order valence-electron chi connectivity index (χ0n) is 8.99. The lowest BCUT2D eigenvalue weighted by molar-refractivity contribution is 0.369. The number of nitrogens with zero attached hydrogens (tertiary/aromatic N) is 3. The molecule has 5 heteroatoms. The minimum atomic E-state index is 0.527. The van der Waals surface area contributed by atoms with E-state index in [1.165, 1.54) is 37.5 Å². The Morgan fingerprint density at radius 2 is 2.40 bits per heavy atom. The van der Waals surface area contributed by atoms with Crippen LogP contribution < -0.4 is 10.2 Å². The molecular formula is C10H16N4S. The summed E-state index contributed by atoms with van der Waals surface area (Å²) in [7, 11) is 0. The average molecular weight is 224 g/mol. The van der Waals surface area contributed by atoms with E-state index in [0.29, 0.717) is 5.41 Å². The van der Waals surface area contributed by atoms with Crippen molar-refractivity contribution < 1.29 is 0 Å². The van der Waals surface area contributed by atoms with E-state index in [1.807, 2.05) is 6.92 Å². The summed E-state index contributed by atoms with van der Waals surface area (Å²) in [6.07, 6.45) is 2.62. The second-order valence-electron chi connectivity index (χ2n) is 4.72. The molecule has 4 nitrogen and oxygen atoms in total. The first-order chi connectivity index (χ1) is 7.27. The fourth-order valence-corrected chi connectivity index (χ4v) is 3.36. The molecule has 1 unspecified atom stereocenters. The highest BCUT2D eigenvalue weighted by Crippen LogP contribution is 2.38. The minimum Gasteiger partial charge on any atom is -0.346 e. The Balaban J connectivity index is 1.75. The molecule has 15 heavy (non-hydrogen) atoms. The standard InChI is InChI=1S/C10H16N4S/c1-8-12-9(15-13-8)14-5-3-10(7-14)2-4-11-6-10/h11H,2-7H2,1H3. The first-order valence-corrected chi connectivity index (χ1v) is 6.31. The molecule has 3 heterocycles. The Morgan fingerprint density at radius 3 is 3.07 bits per heavy atom. The number of hydrogen-bond acceptors (Lipinski definition) is 5. The Labute approximate surface area is 93.9 Å². The van der Waals surface area contributed by atoms with Crippen molar-refractivity contribution in [2.24, 2.45) is 5.41 Å². The number of nitrogens with one attached hydrogen (secondary N) is 1. The SMILES string of the molecule is Cc1nsc(N2CCC3(CCNC3)C2)n1. The number of aromatic nitrogens is 2. The van der Waals surface area contributed by atoms with Crippen LogP contribution in [-0.4, -0.2) is 35.5 Å². The van der Waals surface area contributed by atoms with Gasteiger partial charge in [0.05, 0.1) is 0 Å². The minimum absolute atomic E-state index is 0.527. The molecule has 0 radical (unpaired) electrons. The molecule has 2 aliphatic rings. The molecule has 2 fully saturated rings. The van der Waals surface area contributed by atoms with Crippen LogP contribution in [0.2, 0.25) is 0 Å². The Morgan fingerprint density at radius 1 is 1.47 bits per heavy atom. The van der Waals surface area contributed by atoms with Gasteiger partial charge < -0.3 is 10.2 Å². The summed E-state index contributed by atoms with van der Waals surface area (Å²) in [4.78, 5) is 6.86. The average Bonchev–Trinajstić information content (AvgIpc) is 2.90. The third-order valence-corrected chi connectivity index (χ3v) is 4.43. The molecule has 1 N–H and O–H groups in total. The van der Waals surface area contributed by atoms with Crippen molar-refractivity contribution in [3.8, 4) is 0 Å². The Bertz CT molecular complexity index is 356. The van der Waals surface area contributed by atoms with Crippen LogP contribution in [0.1, 0.15) is 18.7 Å². The van der Waals surface area contributed by atoms with Crippen molar-refractivity contribution in [3.05, 3.63) is 5.82 Å². The zero-order chi connectivity index (χ0) is 10.3. The smallest absolute Gasteiger partial charge is 0.205 e. The predicted molar refractivity (Wildman–Crippen MR) is 61.4 cm³/mol. The van der Waals surface area contributed by atoms with Gasteiger partial charge in [-0.25, -0.2) is 4.98 Å². The molecule has 2 aliphatic heterocycles. The van der Waals surface area contributed by atoms with Crippen molar-refractivity contribution in [2.75, 3.05) is 31.1 Å². The predicted octanol–water partition coefficient (Wildman–Crippen LogP) is 1.04. The van der Waals surface area contributed by atoms with Crippen LogP contribution in [0, 0.1) is 12.3 Å². The van der Waals surface area contributed by atoms with Gasteiger partial charge in [0, 0.05) is 36.6 Å². The van der Waals surface area contributed by atoms with E-state index >= 15 is 0 Å². The van der Waals surface area contributed by atoms with Crippen LogP contribution >= 0.6 is 11.5 Å². The van der Waals surface area contributed by atoms with Crippen LogP contribution in [0.4, 0.5) is 5.13 Å². The second-order valence-corrected chi connectivity index (χ2v) is 5.45. The summed E-state index contributed by atoms with van der Waals surface area (Å²) in [6.45, 7) is 6.64. The van der Waals surface area contributed by atoms with Gasteiger partial charge in [-0.1, -0.05) is 0 Å². The molecule has 3 rings (SSSR count). The summed E-state index contributed by atoms with van der Waals surface area (Å²) < 4.78 is 4.25. The molecule has 2 saturated heterocycles. The van der Waals surface area contributed by atoms with E-state index in [-0.39, 0.29) is 0 Å². The number of aryl methyl sites for hydroxylation is 1. The summed E-state index contributed by atoms with van der Waals surface area (Å²) in [5.74, 6) is 0.903. The Kier molecular flexibility index (Phi) is 2.17. The lowest BCUT2D eigenvalue weighted by Gasteiger charge is -2.21. The largest absolute Gasteiger partial charge is 0.346 e. The van der Waals surface area contributed by atoms with E-state index in [0.717, 1.165) is 24.0 Å². The maximum absolute atomic E-state index is 4.46. The molecule has 0 bridgehead atoms. The number of hydrogen-bond donors (Lipinski definition) is 1. The van der Waals surface area contributed by atoms with Gasteiger partial charge in [0.1, 0.15) is 5.82 Å². The zero-order valence-corrected chi connectivity index (χ0v) is 9.81. The highest BCUT2D eigenvalue weighted by atomic mass is 32.1. The van der Waals surface area contributed by atoms with Gasteiger partial charge in [0.15, 0.2) is 0 Å². The van der Waals surface area contributed by atoms with Crippen molar-refractivity contribution in [2.45, 2.75) is 19.8 Å². The molecule has 0 saturated carbocycles. The molecule has 1 aromatic heterocycles. The molecule has 1 spiro atoms. The van der Waals surface area contributed by atoms with Crippen molar-refractivity contribution in [1.29, 1.82) is 0 Å². The highest BCUT2D eigenvalue weighted by Gasteiger charge is 2.41. The second kappa shape index (κ2) is 3.42. The number of rotatable bonds is 1. The highest BCUT2D eigenvalue weighted by molar-refractivity contribution is 7.09. The van der Waals surface area contributed by atoms with E-state index in [4.69, 9.17) is 0 Å². The van der Waals surface area contributed by atoms with Crippen LogP contribution in [0.15, 0.2) is 0 Å². The van der Waals surface area contributed by atoms with E-state index in [9.17, 15) is 0 Å². The van der Waals surface area contributed by atoms with Crippen molar-refractivity contribution >= 4 is 16.7 Å². The summed E-state index contributed by atoms with van der Waals surface area (Å²) in [5, 5.41) is 4.58. The van der Waals surface area contributed by atoms with Crippen molar-refractivity contribution in [3.63, 3.8) is 0 Å². The third kappa shape index (κ3) is 1.63. The van der Waals surface area contributed by atoms with Crippen LogP contribution in [0.25, 0.3) is 0 Å². The Hall–Kier alpha value is -0.680. The molecule has 1 atom stereocenters. The van der Waals surface area contributed by atoms with Gasteiger partial charge in [-0.05, 0) is 26.3 Å². The van der Waals surface area contributed by atoms with Crippen LogP contribution in [0.3, 0.4) is 0 Å². The molecule has 0 aromatic carbocycles. The van der Waals surface area contributed by atoms with Gasteiger partial charge in [-0.3, -0.25) is 0 Å². The molecule has 0 aliphatic carbocycles. The normalized spacial score (nSPS) is 30.6. The van der Waals surface area contributed by atoms with E-state index in [2.05, 4.69) is 19.6 Å². The molecule has 0 amide bonds. The van der Waals surface area contributed by atoms with Gasteiger partial charge >= 0.3 is 0 Å². The van der Waals surface area contributed by atoms with Gasteiger partial charge in [-0.15, -0.1) is 0 Å². The van der Waals surface area contributed by atoms with Crippen LogP contribution in [-0.2, 0) is 0 Å². The monoisotopic (exact) mass is 224 g/mol. The summed E-state index contributed by atoms with van der Waals surface area (Å²) >= 11 is 1.53. The van der Waals surface area contributed by atoms with E-state index < -0.39 is 0 Å². The third-order valence-electron chi connectivity index (χ3n) is 3.56. The first kappa shape index (κ1) is 9.54. The van der Waals surface area contributed by atoms with Gasteiger partial charge in [-0.2, -0.15) is 4.37 Å². The fourth-order valence-electron chi connectivity index (χ4n) is 2.66. The van der Waals surface area contributed by atoms with E-state index in [1.54, 1.807) is 0 Å².